The molecule has 0 bridgehead atoms. The van der Waals surface area contributed by atoms with E-state index in [1.165, 1.54) is 18.7 Å². The van der Waals surface area contributed by atoms with Crippen molar-refractivity contribution >= 4 is 10.9 Å². The lowest BCUT2D eigenvalue weighted by molar-refractivity contribution is 0.237. The van der Waals surface area contributed by atoms with Crippen molar-refractivity contribution in [2.45, 2.75) is 51.2 Å². The Labute approximate surface area is 151 Å². The number of H-pyrrole nitrogens is 1. The average Bonchev–Trinajstić information content (AvgIpc) is 3.28. The van der Waals surface area contributed by atoms with Crippen LogP contribution in [0.25, 0.3) is 10.9 Å². The zero-order valence-corrected chi connectivity index (χ0v) is 14.8. The molecule has 4 heterocycles. The SMILES string of the molecule is O=c1[nH]c(C2CCCN2Cc2cn3c(n2)CCCC3)nc2ccccc12. The molecule has 134 valence electrons. The number of nitrogens with one attached hydrogen (secondary N) is 1. The Hall–Kier alpha value is -2.47. The molecule has 2 aliphatic heterocycles. The van der Waals surface area contributed by atoms with Gasteiger partial charge in [-0.2, -0.15) is 0 Å². The second-order valence-electron chi connectivity index (χ2n) is 7.40. The number of aryl methyl sites for hydroxylation is 2. The van der Waals surface area contributed by atoms with Gasteiger partial charge in [0.2, 0.25) is 0 Å². The van der Waals surface area contributed by atoms with Crippen molar-refractivity contribution in [3.63, 3.8) is 0 Å². The smallest absolute Gasteiger partial charge is 0.258 e. The Morgan fingerprint density at radius 3 is 2.96 bits per heavy atom. The van der Waals surface area contributed by atoms with Crippen molar-refractivity contribution in [1.82, 2.24) is 24.4 Å². The Bertz CT molecular complexity index is 981. The molecule has 2 aromatic heterocycles. The second-order valence-corrected chi connectivity index (χ2v) is 7.40. The summed E-state index contributed by atoms with van der Waals surface area (Å²) >= 11 is 0. The second kappa shape index (κ2) is 6.36. The van der Waals surface area contributed by atoms with Crippen molar-refractivity contribution in [2.24, 2.45) is 0 Å². The van der Waals surface area contributed by atoms with Crippen LogP contribution in [0.15, 0.2) is 35.3 Å². The van der Waals surface area contributed by atoms with Gasteiger partial charge in [-0.25, -0.2) is 9.97 Å². The van der Waals surface area contributed by atoms with Gasteiger partial charge in [-0.05, 0) is 44.4 Å². The first-order valence-electron chi connectivity index (χ1n) is 9.56. The van der Waals surface area contributed by atoms with E-state index in [1.54, 1.807) is 0 Å². The highest BCUT2D eigenvalue weighted by atomic mass is 16.1. The zero-order valence-electron chi connectivity index (χ0n) is 14.8. The van der Waals surface area contributed by atoms with Crippen molar-refractivity contribution in [1.29, 1.82) is 0 Å². The zero-order chi connectivity index (χ0) is 17.5. The normalized spacial score (nSPS) is 20.5. The van der Waals surface area contributed by atoms with Gasteiger partial charge < -0.3 is 9.55 Å². The van der Waals surface area contributed by atoms with Crippen molar-refractivity contribution in [3.05, 3.63) is 58.2 Å². The van der Waals surface area contributed by atoms with Gasteiger partial charge in [0.1, 0.15) is 11.6 Å². The molecule has 26 heavy (non-hydrogen) atoms. The van der Waals surface area contributed by atoms with E-state index in [4.69, 9.17) is 9.97 Å². The van der Waals surface area contributed by atoms with Crippen molar-refractivity contribution in [2.75, 3.05) is 6.54 Å². The fraction of sp³-hybridized carbons (Fsp3) is 0.450. The summed E-state index contributed by atoms with van der Waals surface area (Å²) in [5.41, 5.74) is 1.86. The number of hydrogen-bond acceptors (Lipinski definition) is 4. The molecule has 1 N–H and O–H groups in total. The van der Waals surface area contributed by atoms with E-state index >= 15 is 0 Å². The Morgan fingerprint density at radius 1 is 1.12 bits per heavy atom. The highest BCUT2D eigenvalue weighted by Gasteiger charge is 2.29. The van der Waals surface area contributed by atoms with Gasteiger partial charge in [0.15, 0.2) is 0 Å². The standard InChI is InChI=1S/C20H23N5O/c26-20-15-6-1-2-7-16(15)22-19(23-20)17-8-5-11-24(17)12-14-13-25-10-4-3-9-18(25)21-14/h1-2,6-7,13,17H,3-5,8-12H2,(H,22,23,26). The first-order valence-corrected chi connectivity index (χ1v) is 9.56. The fourth-order valence-electron chi connectivity index (χ4n) is 4.34. The van der Waals surface area contributed by atoms with Crippen LogP contribution in [0.4, 0.5) is 0 Å². The summed E-state index contributed by atoms with van der Waals surface area (Å²) in [5.74, 6) is 2.01. The predicted octanol–water partition coefficient (Wildman–Crippen LogP) is 2.79. The molecule has 2 aliphatic rings. The van der Waals surface area contributed by atoms with Crippen LogP contribution < -0.4 is 5.56 Å². The minimum atomic E-state index is -0.0464. The number of hydrogen-bond donors (Lipinski definition) is 1. The molecule has 0 aliphatic carbocycles. The number of likely N-dealkylation sites (tertiary alicyclic amines) is 1. The molecule has 1 fully saturated rings. The van der Waals surface area contributed by atoms with Crippen LogP contribution in [0.1, 0.15) is 49.1 Å². The third-order valence-electron chi connectivity index (χ3n) is 5.63. The molecule has 6 nitrogen and oxygen atoms in total. The van der Waals surface area contributed by atoms with E-state index in [-0.39, 0.29) is 11.6 Å². The number of fused-ring (bicyclic) bond motifs is 2. The minimum absolute atomic E-state index is 0.0464. The molecule has 1 atom stereocenters. The Morgan fingerprint density at radius 2 is 2.04 bits per heavy atom. The summed E-state index contributed by atoms with van der Waals surface area (Å²) in [5, 5.41) is 0.655. The van der Waals surface area contributed by atoms with Crippen LogP contribution >= 0.6 is 0 Å². The van der Waals surface area contributed by atoms with Gasteiger partial charge >= 0.3 is 0 Å². The van der Waals surface area contributed by atoms with E-state index in [0.717, 1.165) is 55.9 Å². The number of aromatic amines is 1. The lowest BCUT2D eigenvalue weighted by Crippen LogP contribution is -2.26. The van der Waals surface area contributed by atoms with Crippen LogP contribution in [0.5, 0.6) is 0 Å². The largest absolute Gasteiger partial charge is 0.335 e. The number of imidazole rings is 1. The van der Waals surface area contributed by atoms with Gasteiger partial charge in [0, 0.05) is 25.7 Å². The lowest BCUT2D eigenvalue weighted by atomic mass is 10.2. The highest BCUT2D eigenvalue weighted by molar-refractivity contribution is 5.77. The Kier molecular flexibility index (Phi) is 3.85. The molecule has 1 unspecified atom stereocenters. The molecule has 3 aromatic rings. The molecule has 6 heteroatoms. The molecule has 1 aromatic carbocycles. The molecule has 0 spiro atoms. The van der Waals surface area contributed by atoms with E-state index in [9.17, 15) is 4.79 Å². The first kappa shape index (κ1) is 15.8. The number of para-hydroxylation sites is 1. The van der Waals surface area contributed by atoms with Gasteiger partial charge in [0.05, 0.1) is 22.6 Å². The number of nitrogens with zero attached hydrogens (tertiary/aromatic N) is 4. The number of aromatic nitrogens is 4. The van der Waals surface area contributed by atoms with Crippen LogP contribution in [0, 0.1) is 0 Å². The summed E-state index contributed by atoms with van der Waals surface area (Å²) in [6, 6.07) is 7.71. The monoisotopic (exact) mass is 349 g/mol. The van der Waals surface area contributed by atoms with Crippen molar-refractivity contribution in [3.8, 4) is 0 Å². The van der Waals surface area contributed by atoms with E-state index in [0.29, 0.717) is 5.39 Å². The van der Waals surface area contributed by atoms with Crippen LogP contribution in [-0.2, 0) is 19.5 Å². The summed E-state index contributed by atoms with van der Waals surface area (Å²) in [6.45, 7) is 2.93. The van der Waals surface area contributed by atoms with Crippen LogP contribution in [-0.4, -0.2) is 31.0 Å². The van der Waals surface area contributed by atoms with Gasteiger partial charge in [-0.3, -0.25) is 9.69 Å². The maximum atomic E-state index is 12.4. The summed E-state index contributed by atoms with van der Waals surface area (Å²) in [6.07, 6.45) is 7.93. The molecular weight excluding hydrogens is 326 g/mol. The highest BCUT2D eigenvalue weighted by Crippen LogP contribution is 2.31. The fourth-order valence-corrected chi connectivity index (χ4v) is 4.34. The van der Waals surface area contributed by atoms with Crippen LogP contribution in [0.3, 0.4) is 0 Å². The topological polar surface area (TPSA) is 66.8 Å². The molecule has 5 rings (SSSR count). The third kappa shape index (κ3) is 2.74. The predicted molar refractivity (Wildman–Crippen MR) is 99.9 cm³/mol. The summed E-state index contributed by atoms with van der Waals surface area (Å²) < 4.78 is 2.31. The quantitative estimate of drug-likeness (QED) is 0.790. The maximum absolute atomic E-state index is 12.4. The molecule has 0 radical (unpaired) electrons. The van der Waals surface area contributed by atoms with Gasteiger partial charge in [0.25, 0.3) is 5.56 Å². The number of rotatable bonds is 3. The number of benzene rings is 1. The minimum Gasteiger partial charge on any atom is -0.335 e. The summed E-state index contributed by atoms with van der Waals surface area (Å²) in [4.78, 5) is 27.4. The van der Waals surface area contributed by atoms with Crippen LogP contribution in [0.2, 0.25) is 0 Å². The van der Waals surface area contributed by atoms with Gasteiger partial charge in [-0.1, -0.05) is 12.1 Å². The third-order valence-corrected chi connectivity index (χ3v) is 5.63. The maximum Gasteiger partial charge on any atom is 0.258 e. The Balaban J connectivity index is 1.44. The van der Waals surface area contributed by atoms with Gasteiger partial charge in [-0.15, -0.1) is 0 Å². The molecular formula is C20H23N5O. The average molecular weight is 349 g/mol. The van der Waals surface area contributed by atoms with Crippen molar-refractivity contribution < 1.29 is 0 Å². The molecule has 0 saturated carbocycles. The van der Waals surface area contributed by atoms with E-state index in [1.807, 2.05) is 24.3 Å². The van der Waals surface area contributed by atoms with E-state index in [2.05, 4.69) is 20.6 Å². The molecule has 0 amide bonds. The first-order chi connectivity index (χ1) is 12.8. The lowest BCUT2D eigenvalue weighted by Gasteiger charge is -2.22. The molecule has 1 saturated heterocycles. The van der Waals surface area contributed by atoms with E-state index < -0.39 is 0 Å². The summed E-state index contributed by atoms with van der Waals surface area (Å²) in [7, 11) is 0.